The van der Waals surface area contributed by atoms with Crippen molar-refractivity contribution in [2.24, 2.45) is 11.8 Å². The molecule has 45 heavy (non-hydrogen) atoms. The normalized spacial score (nSPS) is 16.7. The van der Waals surface area contributed by atoms with E-state index in [0.717, 1.165) is 47.8 Å². The number of nitrogens with zero attached hydrogens (tertiary/aromatic N) is 1. The van der Waals surface area contributed by atoms with Crippen molar-refractivity contribution in [1.82, 2.24) is 4.98 Å². The molecule has 5 heteroatoms. The Hall–Kier alpha value is -2.85. The molecule has 0 amide bonds. The fourth-order valence-electron chi connectivity index (χ4n) is 7.00. The molecule has 7 rings (SSSR count). The molecule has 2 aromatic heterocycles. The molecule has 3 nitrogen and oxygen atoms in total. The maximum absolute atomic E-state index is 12.0. The number of aliphatic hydroxyl groups is 1. The Morgan fingerprint density at radius 2 is 1.47 bits per heavy atom. The van der Waals surface area contributed by atoms with Crippen molar-refractivity contribution in [1.29, 1.82) is 0 Å². The molecule has 0 unspecified atom stereocenters. The molecule has 2 aliphatic carbocycles. The van der Waals surface area contributed by atoms with Gasteiger partial charge < -0.3 is 5.11 Å². The predicted octanol–water partition coefficient (Wildman–Crippen LogP) is 11.5. The molecule has 2 saturated carbocycles. The van der Waals surface area contributed by atoms with Crippen molar-refractivity contribution in [3.8, 4) is 11.3 Å². The van der Waals surface area contributed by atoms with Crippen LogP contribution in [0.5, 0.6) is 0 Å². The first kappa shape index (κ1) is 33.5. The van der Waals surface area contributed by atoms with Gasteiger partial charge in [-0.05, 0) is 54.0 Å². The first-order valence-corrected chi connectivity index (χ1v) is 17.3. The molecule has 0 saturated heterocycles. The molecule has 5 aromatic rings. The molecule has 0 atom stereocenters. The summed E-state index contributed by atoms with van der Waals surface area (Å²) in [5.74, 6) is 0.985. The van der Waals surface area contributed by atoms with E-state index in [1.165, 1.54) is 64.9 Å². The van der Waals surface area contributed by atoms with Gasteiger partial charge in [0.1, 0.15) is 0 Å². The Bertz CT molecular complexity index is 1800. The summed E-state index contributed by atoms with van der Waals surface area (Å²) in [7, 11) is 0. The van der Waals surface area contributed by atoms with Crippen LogP contribution in [0.4, 0.5) is 0 Å². The van der Waals surface area contributed by atoms with E-state index in [2.05, 4.69) is 92.9 Å². The Morgan fingerprint density at radius 1 is 0.844 bits per heavy atom. The Balaban J connectivity index is 0.000000193. The number of hydrogen-bond acceptors (Lipinski definition) is 4. The number of allylic oxidation sites excluding steroid dienone is 2. The van der Waals surface area contributed by atoms with E-state index in [1.54, 1.807) is 17.4 Å². The molecule has 0 aliphatic heterocycles. The number of ketones is 1. The third-order valence-electron chi connectivity index (χ3n) is 9.47. The van der Waals surface area contributed by atoms with Crippen LogP contribution < -0.4 is 0 Å². The molecule has 2 fully saturated rings. The van der Waals surface area contributed by atoms with Gasteiger partial charge in [-0.3, -0.25) is 9.78 Å². The average Bonchev–Trinajstić information content (AvgIpc) is 3.55. The number of benzene rings is 3. The third-order valence-corrected chi connectivity index (χ3v) is 10.4. The minimum atomic E-state index is 0. The van der Waals surface area contributed by atoms with Crippen LogP contribution in [-0.4, -0.2) is 15.9 Å². The summed E-state index contributed by atoms with van der Waals surface area (Å²) in [6.45, 7) is 6.81. The number of aliphatic hydroxyl groups excluding tert-OH is 1. The molecule has 2 heterocycles. The van der Waals surface area contributed by atoms with Crippen molar-refractivity contribution in [2.45, 2.75) is 90.4 Å². The summed E-state index contributed by atoms with van der Waals surface area (Å²) >= 11 is 1.76. The average molecular weight is 795 g/mol. The summed E-state index contributed by atoms with van der Waals surface area (Å²) < 4.78 is 1.24. The number of carbonyl (C=O) groups excluding carboxylic acids is 1. The zero-order valence-electron chi connectivity index (χ0n) is 26.7. The zero-order valence-corrected chi connectivity index (χ0v) is 29.9. The van der Waals surface area contributed by atoms with Crippen LogP contribution in [-0.2, 0) is 30.3 Å². The zero-order chi connectivity index (χ0) is 30.7. The second-order valence-corrected chi connectivity index (χ2v) is 14.6. The number of hydrogen-bond donors (Lipinski definition) is 1. The first-order valence-electron chi connectivity index (χ1n) is 16.5. The van der Waals surface area contributed by atoms with Crippen LogP contribution >= 0.6 is 11.3 Å². The fraction of sp³-hybridized carbons (Fsp3) is 0.400. The number of fused-ring (bicyclic) bond motifs is 4. The summed E-state index contributed by atoms with van der Waals surface area (Å²) in [5.41, 5.74) is 4.55. The van der Waals surface area contributed by atoms with Gasteiger partial charge in [0, 0.05) is 53.8 Å². The van der Waals surface area contributed by atoms with Crippen LogP contribution in [0.3, 0.4) is 0 Å². The Kier molecular flexibility index (Phi) is 11.0. The van der Waals surface area contributed by atoms with Gasteiger partial charge in [-0.25, -0.2) is 0 Å². The smallest absolute Gasteiger partial charge is 0.162 e. The van der Waals surface area contributed by atoms with E-state index in [4.69, 9.17) is 4.98 Å². The van der Waals surface area contributed by atoms with Crippen molar-refractivity contribution in [3.05, 3.63) is 89.5 Å². The number of pyridine rings is 1. The Labute approximate surface area is 285 Å². The van der Waals surface area contributed by atoms with E-state index in [1.807, 2.05) is 0 Å². The molecular formula is C40H44IrNO2S-. The van der Waals surface area contributed by atoms with Crippen LogP contribution in [0.2, 0.25) is 0 Å². The second kappa shape index (κ2) is 14.7. The summed E-state index contributed by atoms with van der Waals surface area (Å²) in [4.78, 5) is 17.1. The van der Waals surface area contributed by atoms with Gasteiger partial charge >= 0.3 is 0 Å². The maximum Gasteiger partial charge on any atom is 0.162 e. The number of aromatic nitrogens is 1. The maximum atomic E-state index is 12.0. The van der Waals surface area contributed by atoms with Gasteiger partial charge in [0.25, 0.3) is 0 Å². The van der Waals surface area contributed by atoms with Gasteiger partial charge in [0.15, 0.2) is 5.78 Å². The van der Waals surface area contributed by atoms with Crippen LogP contribution in [0.1, 0.15) is 90.5 Å². The minimum Gasteiger partial charge on any atom is -0.512 e. The summed E-state index contributed by atoms with van der Waals surface area (Å²) in [5, 5.41) is 17.1. The standard InChI is InChI=1S/C25H20NS.C15H24O2.Ir/c1-25(2,3)21-15-17(14-16-8-4-5-9-18(16)21)23-24-20(12-13-27-24)19-10-6-7-11-22(19)26-23;16-14(12-7-3-1-4-8-12)11-15(17)13-9-5-2-6-10-13;/h4-13,15H,1-3H3;11-13,16H,1-10H2;/q-1;;/b;14-11-;. The van der Waals surface area contributed by atoms with Crippen LogP contribution in [0, 0.1) is 17.9 Å². The minimum absolute atomic E-state index is 0. The van der Waals surface area contributed by atoms with Crippen molar-refractivity contribution < 1.29 is 30.0 Å². The molecular weight excluding hydrogens is 751 g/mol. The molecule has 0 spiro atoms. The quantitative estimate of drug-likeness (QED) is 0.112. The van der Waals surface area contributed by atoms with E-state index >= 15 is 0 Å². The van der Waals surface area contributed by atoms with Crippen molar-refractivity contribution >= 4 is 48.9 Å². The topological polar surface area (TPSA) is 50.2 Å². The van der Waals surface area contributed by atoms with Gasteiger partial charge in [-0.1, -0.05) is 107 Å². The number of carbonyl (C=O) groups is 1. The second-order valence-electron chi connectivity index (χ2n) is 13.7. The SMILES string of the molecule is CC(C)(C)c1cc(-c2nc3ccccc3c3ccsc23)[c-]c2ccccc12.O=C(/C=C(\O)C1CCCCC1)C1CCCCC1.[Ir]. The molecule has 1 N–H and O–H groups in total. The van der Waals surface area contributed by atoms with Gasteiger partial charge in [0.2, 0.25) is 0 Å². The first-order chi connectivity index (χ1) is 21.3. The van der Waals surface area contributed by atoms with Crippen molar-refractivity contribution in [2.75, 3.05) is 0 Å². The monoisotopic (exact) mass is 795 g/mol. The number of para-hydroxylation sites is 1. The van der Waals surface area contributed by atoms with E-state index < -0.39 is 0 Å². The van der Waals surface area contributed by atoms with Crippen molar-refractivity contribution in [3.63, 3.8) is 0 Å². The van der Waals surface area contributed by atoms with E-state index in [9.17, 15) is 9.90 Å². The van der Waals surface area contributed by atoms with Gasteiger partial charge in [-0.15, -0.1) is 40.5 Å². The summed E-state index contributed by atoms with van der Waals surface area (Å²) in [6, 6.07) is 25.1. The summed E-state index contributed by atoms with van der Waals surface area (Å²) in [6.07, 6.45) is 13.0. The van der Waals surface area contributed by atoms with Crippen LogP contribution in [0.15, 0.2) is 77.9 Å². The molecule has 3 aromatic carbocycles. The van der Waals surface area contributed by atoms with Gasteiger partial charge in [0.05, 0.1) is 11.3 Å². The molecule has 2 aliphatic rings. The van der Waals surface area contributed by atoms with E-state index in [-0.39, 0.29) is 43.1 Å². The molecule has 1 radical (unpaired) electrons. The number of thiophene rings is 1. The third kappa shape index (κ3) is 7.59. The largest absolute Gasteiger partial charge is 0.512 e. The predicted molar refractivity (Wildman–Crippen MR) is 186 cm³/mol. The van der Waals surface area contributed by atoms with Crippen LogP contribution in [0.25, 0.3) is 43.0 Å². The molecule has 0 bridgehead atoms. The number of rotatable bonds is 4. The molecule has 237 valence electrons. The Morgan fingerprint density at radius 3 is 2.16 bits per heavy atom. The fourth-order valence-corrected chi connectivity index (χ4v) is 7.92. The van der Waals surface area contributed by atoms with E-state index in [0.29, 0.717) is 5.76 Å². The van der Waals surface area contributed by atoms with Gasteiger partial charge in [-0.2, -0.15) is 0 Å².